The largest absolute Gasteiger partial charge is 0.481 e. The molecule has 1 atom stereocenters. The van der Waals surface area contributed by atoms with E-state index in [0.717, 1.165) is 31.6 Å². The van der Waals surface area contributed by atoms with E-state index in [1.54, 1.807) is 0 Å². The number of rotatable bonds is 8. The molecule has 0 amide bonds. The molecule has 0 bridgehead atoms. The van der Waals surface area contributed by atoms with Crippen molar-refractivity contribution >= 4 is 5.97 Å². The second-order valence-electron chi connectivity index (χ2n) is 4.90. The molecule has 102 valence electrons. The Morgan fingerprint density at radius 3 is 2.83 bits per heavy atom. The van der Waals surface area contributed by atoms with Crippen LogP contribution in [-0.2, 0) is 18.4 Å². The van der Waals surface area contributed by atoms with Gasteiger partial charge in [-0.05, 0) is 38.3 Å². The van der Waals surface area contributed by atoms with Gasteiger partial charge in [0.2, 0.25) is 0 Å². The van der Waals surface area contributed by atoms with Crippen molar-refractivity contribution in [1.82, 2.24) is 15.1 Å². The van der Waals surface area contributed by atoms with Crippen LogP contribution in [0.2, 0.25) is 0 Å². The lowest BCUT2D eigenvalue weighted by Crippen LogP contribution is -2.19. The number of carboxylic acid groups (broad SMARTS) is 1. The first-order valence-electron chi connectivity index (χ1n) is 6.41. The molecule has 0 aliphatic rings. The van der Waals surface area contributed by atoms with E-state index < -0.39 is 5.97 Å². The third kappa shape index (κ3) is 5.31. The third-order valence-corrected chi connectivity index (χ3v) is 3.07. The molecule has 2 N–H and O–H groups in total. The van der Waals surface area contributed by atoms with Gasteiger partial charge in [0, 0.05) is 20.0 Å². The predicted octanol–water partition coefficient (Wildman–Crippen LogP) is 1.71. The first-order chi connectivity index (χ1) is 8.49. The molecule has 0 aliphatic carbocycles. The second-order valence-corrected chi connectivity index (χ2v) is 4.90. The summed E-state index contributed by atoms with van der Waals surface area (Å²) in [5.74, 6) is -0.262. The molecule has 0 saturated heterocycles. The molecule has 0 saturated carbocycles. The Morgan fingerprint density at radius 1 is 1.56 bits per heavy atom. The minimum atomic E-state index is -0.708. The molecule has 1 aromatic rings. The third-order valence-electron chi connectivity index (χ3n) is 3.07. The smallest absolute Gasteiger partial charge is 0.303 e. The summed E-state index contributed by atoms with van der Waals surface area (Å²) in [6, 6.07) is 2.07. The zero-order chi connectivity index (χ0) is 13.5. The molecule has 1 heterocycles. The summed E-state index contributed by atoms with van der Waals surface area (Å²) in [5, 5.41) is 16.2. The van der Waals surface area contributed by atoms with E-state index in [1.165, 1.54) is 5.69 Å². The molecule has 18 heavy (non-hydrogen) atoms. The van der Waals surface area contributed by atoms with Gasteiger partial charge in [-0.25, -0.2) is 0 Å². The van der Waals surface area contributed by atoms with Gasteiger partial charge in [0.1, 0.15) is 0 Å². The van der Waals surface area contributed by atoms with Gasteiger partial charge in [-0.2, -0.15) is 5.10 Å². The molecular formula is C13H23N3O2. The van der Waals surface area contributed by atoms with E-state index in [4.69, 9.17) is 5.11 Å². The Morgan fingerprint density at radius 2 is 2.28 bits per heavy atom. The van der Waals surface area contributed by atoms with Crippen LogP contribution >= 0.6 is 0 Å². The molecule has 1 aromatic heterocycles. The van der Waals surface area contributed by atoms with Gasteiger partial charge in [0.15, 0.2) is 0 Å². The van der Waals surface area contributed by atoms with E-state index in [0.29, 0.717) is 5.92 Å². The summed E-state index contributed by atoms with van der Waals surface area (Å²) in [7, 11) is 1.94. The summed E-state index contributed by atoms with van der Waals surface area (Å²) < 4.78 is 1.89. The maximum atomic E-state index is 10.4. The van der Waals surface area contributed by atoms with Crippen molar-refractivity contribution in [2.24, 2.45) is 13.0 Å². The average molecular weight is 253 g/mol. The zero-order valence-electron chi connectivity index (χ0n) is 11.4. The highest BCUT2D eigenvalue weighted by atomic mass is 16.4. The number of aryl methyl sites for hydroxylation is 2. The van der Waals surface area contributed by atoms with Crippen molar-refractivity contribution in [2.45, 2.75) is 39.7 Å². The lowest BCUT2D eigenvalue weighted by molar-refractivity contribution is -0.137. The number of aliphatic carboxylic acids is 1. The maximum Gasteiger partial charge on any atom is 0.303 e. The number of carboxylic acids is 1. The second kappa shape index (κ2) is 7.16. The van der Waals surface area contributed by atoms with Gasteiger partial charge in [0.25, 0.3) is 0 Å². The molecule has 1 rings (SSSR count). The van der Waals surface area contributed by atoms with Crippen LogP contribution in [0.15, 0.2) is 6.07 Å². The van der Waals surface area contributed by atoms with Crippen LogP contribution in [0.25, 0.3) is 0 Å². The van der Waals surface area contributed by atoms with Gasteiger partial charge in [-0.15, -0.1) is 0 Å². The Hall–Kier alpha value is -1.36. The van der Waals surface area contributed by atoms with Crippen LogP contribution in [0.4, 0.5) is 0 Å². The van der Waals surface area contributed by atoms with Crippen molar-refractivity contribution in [1.29, 1.82) is 0 Å². The maximum absolute atomic E-state index is 10.4. The fourth-order valence-electron chi connectivity index (χ4n) is 1.91. The first kappa shape index (κ1) is 14.7. The number of nitrogens with one attached hydrogen (secondary N) is 1. The van der Waals surface area contributed by atoms with E-state index in [2.05, 4.69) is 23.4 Å². The van der Waals surface area contributed by atoms with Gasteiger partial charge in [-0.1, -0.05) is 6.92 Å². The number of hydrogen-bond acceptors (Lipinski definition) is 3. The quantitative estimate of drug-likeness (QED) is 0.692. The predicted molar refractivity (Wildman–Crippen MR) is 70.3 cm³/mol. The van der Waals surface area contributed by atoms with Gasteiger partial charge in [0.05, 0.1) is 11.4 Å². The molecule has 5 nitrogen and oxygen atoms in total. The molecule has 5 heteroatoms. The summed E-state index contributed by atoms with van der Waals surface area (Å²) in [5.41, 5.74) is 2.20. The SMILES string of the molecule is Cc1cc(CNCCC(C)CCC(=O)O)n(C)n1. The van der Waals surface area contributed by atoms with Crippen molar-refractivity contribution in [2.75, 3.05) is 6.54 Å². The first-order valence-corrected chi connectivity index (χ1v) is 6.41. The summed E-state index contributed by atoms with van der Waals surface area (Å²) >= 11 is 0. The van der Waals surface area contributed by atoms with Crippen LogP contribution < -0.4 is 5.32 Å². The van der Waals surface area contributed by atoms with Crippen LogP contribution in [0.3, 0.4) is 0 Å². The standard InChI is InChI=1S/C13H23N3O2/c1-10(4-5-13(17)18)6-7-14-9-12-8-11(2)15-16(12)3/h8,10,14H,4-7,9H2,1-3H3,(H,17,18). The monoisotopic (exact) mass is 253 g/mol. The average Bonchev–Trinajstić information content (AvgIpc) is 2.60. The van der Waals surface area contributed by atoms with Crippen LogP contribution in [0.1, 0.15) is 37.6 Å². The normalized spacial score (nSPS) is 12.6. The lowest BCUT2D eigenvalue weighted by Gasteiger charge is -2.10. The van der Waals surface area contributed by atoms with Gasteiger partial charge in [-0.3, -0.25) is 9.48 Å². The molecule has 0 aromatic carbocycles. The Bertz CT molecular complexity index is 388. The van der Waals surface area contributed by atoms with Crippen molar-refractivity contribution < 1.29 is 9.90 Å². The van der Waals surface area contributed by atoms with Crippen LogP contribution in [0.5, 0.6) is 0 Å². The van der Waals surface area contributed by atoms with Crippen molar-refractivity contribution in [3.63, 3.8) is 0 Å². The number of aromatic nitrogens is 2. The summed E-state index contributed by atoms with van der Waals surface area (Å²) in [6.45, 7) is 5.80. The molecule has 0 radical (unpaired) electrons. The number of carbonyl (C=O) groups is 1. The van der Waals surface area contributed by atoms with Crippen molar-refractivity contribution in [3.8, 4) is 0 Å². The fraction of sp³-hybridized carbons (Fsp3) is 0.692. The lowest BCUT2D eigenvalue weighted by atomic mass is 10.0. The van der Waals surface area contributed by atoms with Gasteiger partial charge < -0.3 is 10.4 Å². The van der Waals surface area contributed by atoms with E-state index in [9.17, 15) is 4.79 Å². The Kier molecular flexibility index (Phi) is 5.85. The molecule has 0 aliphatic heterocycles. The number of nitrogens with zero attached hydrogens (tertiary/aromatic N) is 2. The topological polar surface area (TPSA) is 67.2 Å². The molecule has 0 fully saturated rings. The summed E-state index contributed by atoms with van der Waals surface area (Å²) in [6.07, 6.45) is 2.02. The zero-order valence-corrected chi connectivity index (χ0v) is 11.4. The van der Waals surface area contributed by atoms with Gasteiger partial charge >= 0.3 is 5.97 Å². The number of hydrogen-bond donors (Lipinski definition) is 2. The Balaban J connectivity index is 2.15. The molecular weight excluding hydrogens is 230 g/mol. The minimum absolute atomic E-state index is 0.266. The summed E-state index contributed by atoms with van der Waals surface area (Å²) in [4.78, 5) is 10.4. The highest BCUT2D eigenvalue weighted by molar-refractivity contribution is 5.66. The highest BCUT2D eigenvalue weighted by Gasteiger charge is 2.06. The minimum Gasteiger partial charge on any atom is -0.481 e. The molecule has 1 unspecified atom stereocenters. The fourth-order valence-corrected chi connectivity index (χ4v) is 1.91. The van der Waals surface area contributed by atoms with E-state index in [-0.39, 0.29) is 6.42 Å². The van der Waals surface area contributed by atoms with Crippen LogP contribution in [0, 0.1) is 12.8 Å². The van der Waals surface area contributed by atoms with E-state index >= 15 is 0 Å². The van der Waals surface area contributed by atoms with Crippen LogP contribution in [-0.4, -0.2) is 27.4 Å². The Labute approximate surface area is 108 Å². The highest BCUT2D eigenvalue weighted by Crippen LogP contribution is 2.09. The van der Waals surface area contributed by atoms with E-state index in [1.807, 2.05) is 18.7 Å². The molecule has 0 spiro atoms. The van der Waals surface area contributed by atoms with Crippen molar-refractivity contribution in [3.05, 3.63) is 17.5 Å².